The van der Waals surface area contributed by atoms with E-state index in [1.54, 1.807) is 18.6 Å². The first-order valence-electron chi connectivity index (χ1n) is 8.86. The Morgan fingerprint density at radius 1 is 0.679 bits per heavy atom. The van der Waals surface area contributed by atoms with Crippen molar-refractivity contribution in [1.29, 1.82) is 5.26 Å². The molecule has 0 aliphatic heterocycles. The van der Waals surface area contributed by atoms with E-state index in [1.807, 2.05) is 73.2 Å². The molecule has 0 N–H and O–H groups in total. The summed E-state index contributed by atoms with van der Waals surface area (Å²) in [4.78, 5) is 15.1. The second-order valence-electron chi connectivity index (χ2n) is 6.22. The van der Waals surface area contributed by atoms with Gasteiger partial charge in [0, 0.05) is 24.8 Å². The SMILES string of the molecule is N#Cc1ccc(C(c2cccnc2)N(c2cccnc2)c2cccnc2)cc1. The lowest BCUT2D eigenvalue weighted by molar-refractivity contribution is 0.809. The zero-order valence-corrected chi connectivity index (χ0v) is 15.1. The first kappa shape index (κ1) is 17.4. The zero-order chi connectivity index (χ0) is 19.2. The Bertz CT molecular complexity index is 1020. The van der Waals surface area contributed by atoms with Gasteiger partial charge >= 0.3 is 0 Å². The topological polar surface area (TPSA) is 65.7 Å². The van der Waals surface area contributed by atoms with Crippen molar-refractivity contribution >= 4 is 11.4 Å². The zero-order valence-electron chi connectivity index (χ0n) is 15.1. The van der Waals surface area contributed by atoms with Gasteiger partial charge in [-0.25, -0.2) is 0 Å². The van der Waals surface area contributed by atoms with Crippen LogP contribution in [0.3, 0.4) is 0 Å². The number of hydrogen-bond donors (Lipinski definition) is 0. The largest absolute Gasteiger partial charge is 0.327 e. The van der Waals surface area contributed by atoms with Gasteiger partial charge in [-0.1, -0.05) is 18.2 Å². The molecule has 1 aromatic carbocycles. The highest BCUT2D eigenvalue weighted by Gasteiger charge is 2.25. The van der Waals surface area contributed by atoms with Crippen LogP contribution in [0.1, 0.15) is 22.7 Å². The van der Waals surface area contributed by atoms with Gasteiger partial charge < -0.3 is 4.90 Å². The fraction of sp³-hybridized carbons (Fsp3) is 0.0435. The molecule has 5 nitrogen and oxygen atoms in total. The van der Waals surface area contributed by atoms with Gasteiger partial charge in [0.15, 0.2) is 0 Å². The van der Waals surface area contributed by atoms with Crippen molar-refractivity contribution in [3.8, 4) is 6.07 Å². The van der Waals surface area contributed by atoms with E-state index in [-0.39, 0.29) is 6.04 Å². The van der Waals surface area contributed by atoms with Gasteiger partial charge in [-0.2, -0.15) is 5.26 Å². The van der Waals surface area contributed by atoms with Crippen LogP contribution in [0.5, 0.6) is 0 Å². The molecule has 0 radical (unpaired) electrons. The van der Waals surface area contributed by atoms with E-state index < -0.39 is 0 Å². The Morgan fingerprint density at radius 3 is 1.71 bits per heavy atom. The number of nitrogens with zero attached hydrogens (tertiary/aromatic N) is 5. The number of pyridine rings is 3. The van der Waals surface area contributed by atoms with Gasteiger partial charge in [0.2, 0.25) is 0 Å². The van der Waals surface area contributed by atoms with E-state index in [9.17, 15) is 0 Å². The Balaban J connectivity index is 1.92. The van der Waals surface area contributed by atoms with E-state index in [4.69, 9.17) is 5.26 Å². The summed E-state index contributed by atoms with van der Waals surface area (Å²) in [5.74, 6) is 0. The maximum absolute atomic E-state index is 9.16. The first-order chi connectivity index (χ1) is 13.9. The van der Waals surface area contributed by atoms with Crippen LogP contribution in [0.4, 0.5) is 11.4 Å². The monoisotopic (exact) mass is 363 g/mol. The van der Waals surface area contributed by atoms with Crippen molar-refractivity contribution in [3.63, 3.8) is 0 Å². The molecule has 3 aromatic heterocycles. The third-order valence-corrected chi connectivity index (χ3v) is 4.46. The molecule has 1 unspecified atom stereocenters. The number of benzene rings is 1. The van der Waals surface area contributed by atoms with Crippen molar-refractivity contribution < 1.29 is 0 Å². The Hall–Kier alpha value is -4.04. The van der Waals surface area contributed by atoms with Crippen LogP contribution >= 0.6 is 0 Å². The molecular formula is C23H17N5. The summed E-state index contributed by atoms with van der Waals surface area (Å²) in [7, 11) is 0. The van der Waals surface area contributed by atoms with Gasteiger partial charge in [0.1, 0.15) is 0 Å². The molecule has 1 atom stereocenters. The second kappa shape index (κ2) is 8.11. The van der Waals surface area contributed by atoms with Crippen molar-refractivity contribution in [1.82, 2.24) is 15.0 Å². The molecule has 0 amide bonds. The molecule has 134 valence electrons. The number of hydrogen-bond acceptors (Lipinski definition) is 5. The van der Waals surface area contributed by atoms with Crippen molar-refractivity contribution in [2.45, 2.75) is 6.04 Å². The summed E-state index contributed by atoms with van der Waals surface area (Å²) in [6, 6.07) is 21.5. The van der Waals surface area contributed by atoms with E-state index in [2.05, 4.69) is 32.0 Å². The third-order valence-electron chi connectivity index (χ3n) is 4.46. The Kier molecular flexibility index (Phi) is 5.03. The lowest BCUT2D eigenvalue weighted by atomic mass is 9.96. The molecule has 0 bridgehead atoms. The number of anilines is 2. The third kappa shape index (κ3) is 3.57. The first-order valence-corrected chi connectivity index (χ1v) is 8.86. The molecule has 0 fully saturated rings. The maximum atomic E-state index is 9.16. The predicted octanol–water partition coefficient (Wildman–Crippen LogP) is 4.67. The summed E-state index contributed by atoms with van der Waals surface area (Å²) in [5, 5.41) is 9.16. The summed E-state index contributed by atoms with van der Waals surface area (Å²) in [6.07, 6.45) is 10.8. The van der Waals surface area contributed by atoms with E-state index >= 15 is 0 Å². The molecule has 5 heteroatoms. The molecule has 4 aromatic rings. The normalized spacial score (nSPS) is 11.4. The number of rotatable bonds is 5. The van der Waals surface area contributed by atoms with Crippen LogP contribution in [0.25, 0.3) is 0 Å². The summed E-state index contributed by atoms with van der Waals surface area (Å²) < 4.78 is 0. The van der Waals surface area contributed by atoms with Crippen molar-refractivity contribution in [2.24, 2.45) is 0 Å². The average Bonchev–Trinajstić information content (AvgIpc) is 2.79. The minimum Gasteiger partial charge on any atom is -0.327 e. The highest BCUT2D eigenvalue weighted by atomic mass is 15.2. The Labute approximate surface area is 163 Å². The van der Waals surface area contributed by atoms with Crippen LogP contribution in [0.2, 0.25) is 0 Å². The molecule has 28 heavy (non-hydrogen) atoms. The summed E-state index contributed by atoms with van der Waals surface area (Å²) in [5.41, 5.74) is 4.57. The minimum absolute atomic E-state index is 0.158. The highest BCUT2D eigenvalue weighted by molar-refractivity contribution is 5.65. The summed E-state index contributed by atoms with van der Waals surface area (Å²) >= 11 is 0. The molecule has 0 saturated heterocycles. The average molecular weight is 363 g/mol. The second-order valence-corrected chi connectivity index (χ2v) is 6.22. The van der Waals surface area contributed by atoms with Crippen molar-refractivity contribution in [2.75, 3.05) is 4.90 Å². The van der Waals surface area contributed by atoms with Gasteiger partial charge in [0.05, 0.1) is 41.4 Å². The van der Waals surface area contributed by atoms with Gasteiger partial charge in [-0.15, -0.1) is 0 Å². The van der Waals surface area contributed by atoms with Crippen molar-refractivity contribution in [3.05, 3.63) is 115 Å². The van der Waals surface area contributed by atoms with Crippen LogP contribution in [0.15, 0.2) is 97.8 Å². The van der Waals surface area contributed by atoms with Gasteiger partial charge in [-0.3, -0.25) is 15.0 Å². The van der Waals surface area contributed by atoms with E-state index in [1.165, 1.54) is 0 Å². The predicted molar refractivity (Wildman–Crippen MR) is 108 cm³/mol. The van der Waals surface area contributed by atoms with E-state index in [0.29, 0.717) is 5.56 Å². The van der Waals surface area contributed by atoms with E-state index in [0.717, 1.165) is 22.5 Å². The summed E-state index contributed by atoms with van der Waals surface area (Å²) in [6.45, 7) is 0. The smallest absolute Gasteiger partial charge is 0.0991 e. The minimum atomic E-state index is -0.158. The number of nitriles is 1. The van der Waals surface area contributed by atoms with Gasteiger partial charge in [-0.05, 0) is 53.6 Å². The molecule has 0 saturated carbocycles. The highest BCUT2D eigenvalue weighted by Crippen LogP contribution is 2.38. The quantitative estimate of drug-likeness (QED) is 0.515. The molecular weight excluding hydrogens is 346 g/mol. The van der Waals surface area contributed by atoms with Gasteiger partial charge in [0.25, 0.3) is 0 Å². The standard InChI is InChI=1S/C23H17N5/c24-14-18-7-9-19(10-8-18)23(20-4-1-11-25-15-20)28(21-5-2-12-26-16-21)22-6-3-13-27-17-22/h1-13,15-17,23H. The van der Waals surface area contributed by atoms with Crippen LogP contribution in [-0.2, 0) is 0 Å². The van der Waals surface area contributed by atoms with Crippen LogP contribution in [0, 0.1) is 11.3 Å². The Morgan fingerprint density at radius 2 is 1.25 bits per heavy atom. The fourth-order valence-corrected chi connectivity index (χ4v) is 3.21. The lowest BCUT2D eigenvalue weighted by Crippen LogP contribution is -2.25. The molecule has 0 spiro atoms. The maximum Gasteiger partial charge on any atom is 0.0991 e. The van der Waals surface area contributed by atoms with Crippen LogP contribution < -0.4 is 4.90 Å². The molecule has 0 aliphatic carbocycles. The fourth-order valence-electron chi connectivity index (χ4n) is 3.21. The number of aromatic nitrogens is 3. The lowest BCUT2D eigenvalue weighted by Gasteiger charge is -2.34. The molecule has 4 rings (SSSR count). The molecule has 0 aliphatic rings. The van der Waals surface area contributed by atoms with Crippen LogP contribution in [-0.4, -0.2) is 15.0 Å². The molecule has 3 heterocycles.